The van der Waals surface area contributed by atoms with Gasteiger partial charge in [-0.1, -0.05) is 62.4 Å². The third-order valence-corrected chi connectivity index (χ3v) is 6.28. The van der Waals surface area contributed by atoms with Crippen molar-refractivity contribution in [3.05, 3.63) is 111 Å². The summed E-state index contributed by atoms with van der Waals surface area (Å²) in [6.45, 7) is 5.02. The van der Waals surface area contributed by atoms with Gasteiger partial charge in [-0.05, 0) is 35.7 Å². The lowest BCUT2D eigenvalue weighted by molar-refractivity contribution is 0.503. The van der Waals surface area contributed by atoms with Crippen LogP contribution in [0.2, 0.25) is 0 Å². The van der Waals surface area contributed by atoms with Crippen molar-refractivity contribution in [1.82, 2.24) is 18.7 Å². The first kappa shape index (κ1) is 24.2. The molecule has 37 heavy (non-hydrogen) atoms. The van der Waals surface area contributed by atoms with Gasteiger partial charge in [-0.25, -0.2) is 9.78 Å². The van der Waals surface area contributed by atoms with E-state index < -0.39 is 5.95 Å². The summed E-state index contributed by atoms with van der Waals surface area (Å²) in [5, 5.41) is 3.92. The SMILES string of the molecule is CC(C)Cn1c(=O)n(C)c(=O)c2cn(Cc3ccc(-c4cccc(F)n4)cc3)c(Nc3ccccc3)c21. The van der Waals surface area contributed by atoms with E-state index in [1.54, 1.807) is 22.9 Å². The number of nitrogens with one attached hydrogen (secondary N) is 1. The van der Waals surface area contributed by atoms with Gasteiger partial charge in [-0.2, -0.15) is 4.39 Å². The molecule has 0 radical (unpaired) electrons. The van der Waals surface area contributed by atoms with E-state index in [-0.39, 0.29) is 17.2 Å². The van der Waals surface area contributed by atoms with Crippen LogP contribution >= 0.6 is 0 Å². The highest BCUT2D eigenvalue weighted by Gasteiger charge is 2.20. The Morgan fingerprint density at radius 1 is 0.946 bits per heavy atom. The topological polar surface area (TPSA) is 73.8 Å². The number of nitrogens with zero attached hydrogens (tertiary/aromatic N) is 4. The maximum atomic E-state index is 13.6. The second kappa shape index (κ2) is 9.89. The summed E-state index contributed by atoms with van der Waals surface area (Å²) in [4.78, 5) is 30.3. The lowest BCUT2D eigenvalue weighted by Gasteiger charge is -2.16. The molecule has 3 aromatic heterocycles. The van der Waals surface area contributed by atoms with Crippen molar-refractivity contribution in [2.75, 3.05) is 5.32 Å². The van der Waals surface area contributed by atoms with Crippen molar-refractivity contribution in [2.45, 2.75) is 26.9 Å². The summed E-state index contributed by atoms with van der Waals surface area (Å²) < 4.78 is 18.4. The van der Waals surface area contributed by atoms with Crippen molar-refractivity contribution >= 4 is 22.4 Å². The lowest BCUT2D eigenvalue weighted by atomic mass is 10.1. The van der Waals surface area contributed by atoms with E-state index in [1.807, 2.05) is 73.0 Å². The van der Waals surface area contributed by atoms with E-state index in [4.69, 9.17) is 0 Å². The van der Waals surface area contributed by atoms with Crippen molar-refractivity contribution in [3.8, 4) is 11.3 Å². The monoisotopic (exact) mass is 497 g/mol. The molecule has 8 heteroatoms. The third kappa shape index (κ3) is 4.82. The van der Waals surface area contributed by atoms with Gasteiger partial charge in [0.15, 0.2) is 0 Å². The predicted molar refractivity (Wildman–Crippen MR) is 145 cm³/mol. The molecule has 0 saturated carbocycles. The van der Waals surface area contributed by atoms with Gasteiger partial charge in [0.2, 0.25) is 5.95 Å². The van der Waals surface area contributed by atoms with Crippen LogP contribution in [0.25, 0.3) is 22.2 Å². The molecule has 3 heterocycles. The van der Waals surface area contributed by atoms with Gasteiger partial charge >= 0.3 is 5.69 Å². The van der Waals surface area contributed by atoms with Crippen LogP contribution in [-0.2, 0) is 20.1 Å². The Kier molecular flexibility index (Phi) is 6.48. The summed E-state index contributed by atoms with van der Waals surface area (Å²) in [5.41, 5.74) is 3.11. The molecule has 0 unspecified atom stereocenters. The minimum atomic E-state index is -0.522. The average Bonchev–Trinajstić information content (AvgIpc) is 3.23. The first-order valence-corrected chi connectivity index (χ1v) is 12.2. The van der Waals surface area contributed by atoms with Crippen LogP contribution in [0.4, 0.5) is 15.9 Å². The first-order valence-electron chi connectivity index (χ1n) is 12.2. The second-order valence-corrected chi connectivity index (χ2v) is 9.55. The van der Waals surface area contributed by atoms with E-state index in [9.17, 15) is 14.0 Å². The quantitative estimate of drug-likeness (QED) is 0.316. The standard InChI is InChI=1S/C29H28FN5O2/c1-19(2)16-35-26-23(28(36)33(3)29(35)37)18-34(27(26)31-22-8-5-4-6-9-22)17-20-12-14-21(15-13-20)24-10-7-11-25(30)32-24/h4-15,18-19,31H,16-17H2,1-3H3. The smallest absolute Gasteiger partial charge is 0.331 e. The highest BCUT2D eigenvalue weighted by atomic mass is 19.1. The van der Waals surface area contributed by atoms with E-state index >= 15 is 0 Å². The van der Waals surface area contributed by atoms with Crippen LogP contribution in [0.5, 0.6) is 0 Å². The number of hydrogen-bond acceptors (Lipinski definition) is 4. The Hall–Kier alpha value is -4.46. The first-order chi connectivity index (χ1) is 17.8. The molecular weight excluding hydrogens is 469 g/mol. The van der Waals surface area contributed by atoms with Crippen molar-refractivity contribution < 1.29 is 4.39 Å². The molecule has 0 aliphatic carbocycles. The maximum Gasteiger partial charge on any atom is 0.331 e. The predicted octanol–water partition coefficient (Wildman–Crippen LogP) is 5.15. The molecule has 2 aromatic carbocycles. The highest BCUT2D eigenvalue weighted by molar-refractivity contribution is 5.91. The van der Waals surface area contributed by atoms with Crippen LogP contribution in [0, 0.1) is 11.9 Å². The van der Waals surface area contributed by atoms with Crippen molar-refractivity contribution in [2.24, 2.45) is 13.0 Å². The second-order valence-electron chi connectivity index (χ2n) is 9.55. The van der Waals surface area contributed by atoms with E-state index in [0.29, 0.717) is 35.5 Å². The van der Waals surface area contributed by atoms with Crippen molar-refractivity contribution in [3.63, 3.8) is 0 Å². The summed E-state index contributed by atoms with van der Waals surface area (Å²) in [6.07, 6.45) is 1.81. The number of aromatic nitrogens is 4. The molecule has 1 N–H and O–H groups in total. The fourth-order valence-electron chi connectivity index (χ4n) is 4.51. The Bertz CT molecular complexity index is 1680. The summed E-state index contributed by atoms with van der Waals surface area (Å²) in [7, 11) is 1.52. The number of halogens is 1. The van der Waals surface area contributed by atoms with E-state index in [0.717, 1.165) is 16.8 Å². The highest BCUT2D eigenvalue weighted by Crippen LogP contribution is 2.28. The van der Waals surface area contributed by atoms with E-state index in [1.165, 1.54) is 17.7 Å². The number of pyridine rings is 1. The van der Waals surface area contributed by atoms with Gasteiger partial charge in [0, 0.05) is 37.6 Å². The average molecular weight is 498 g/mol. The van der Waals surface area contributed by atoms with Crippen LogP contribution < -0.4 is 16.6 Å². The Morgan fingerprint density at radius 2 is 1.68 bits per heavy atom. The van der Waals surface area contributed by atoms with Gasteiger partial charge in [0.05, 0.1) is 11.1 Å². The summed E-state index contributed by atoms with van der Waals surface area (Å²) in [6, 6.07) is 22.1. The summed E-state index contributed by atoms with van der Waals surface area (Å²) in [5.74, 6) is 0.356. The van der Waals surface area contributed by atoms with Crippen molar-refractivity contribution in [1.29, 1.82) is 0 Å². The van der Waals surface area contributed by atoms with Gasteiger partial charge in [-0.3, -0.25) is 13.9 Å². The van der Waals surface area contributed by atoms with Crippen LogP contribution in [0.3, 0.4) is 0 Å². The largest absolute Gasteiger partial charge is 0.340 e. The molecule has 5 aromatic rings. The number of hydrogen-bond donors (Lipinski definition) is 1. The van der Waals surface area contributed by atoms with Gasteiger partial charge in [0.1, 0.15) is 11.3 Å². The molecule has 0 amide bonds. The number of fused-ring (bicyclic) bond motifs is 1. The minimum Gasteiger partial charge on any atom is -0.340 e. The Balaban J connectivity index is 1.63. The van der Waals surface area contributed by atoms with Gasteiger partial charge in [0.25, 0.3) is 5.56 Å². The van der Waals surface area contributed by atoms with Gasteiger partial charge < -0.3 is 9.88 Å². The van der Waals surface area contributed by atoms with Crippen LogP contribution in [0.1, 0.15) is 19.4 Å². The molecule has 0 aliphatic rings. The zero-order valence-corrected chi connectivity index (χ0v) is 21.0. The molecule has 0 spiro atoms. The zero-order chi connectivity index (χ0) is 26.1. The molecule has 7 nitrogen and oxygen atoms in total. The Labute approximate surface area is 213 Å². The molecular formula is C29H28FN5O2. The minimum absolute atomic E-state index is 0.204. The number of para-hydroxylation sites is 1. The lowest BCUT2D eigenvalue weighted by Crippen LogP contribution is -2.38. The molecule has 5 rings (SSSR count). The van der Waals surface area contributed by atoms with E-state index in [2.05, 4.69) is 10.3 Å². The maximum absolute atomic E-state index is 13.6. The zero-order valence-electron chi connectivity index (χ0n) is 21.0. The molecule has 0 aliphatic heterocycles. The Morgan fingerprint density at radius 3 is 2.35 bits per heavy atom. The van der Waals surface area contributed by atoms with Crippen LogP contribution in [0.15, 0.2) is 88.6 Å². The molecule has 0 saturated heterocycles. The third-order valence-electron chi connectivity index (χ3n) is 6.28. The number of rotatable bonds is 7. The fraction of sp³-hybridized carbons (Fsp3) is 0.207. The summed E-state index contributed by atoms with van der Waals surface area (Å²) >= 11 is 0. The molecule has 0 fully saturated rings. The van der Waals surface area contributed by atoms with Crippen LogP contribution in [-0.4, -0.2) is 18.7 Å². The molecule has 0 bridgehead atoms. The molecule has 188 valence electrons. The fourth-order valence-corrected chi connectivity index (χ4v) is 4.51. The normalized spacial score (nSPS) is 11.4. The molecule has 0 atom stereocenters. The van der Waals surface area contributed by atoms with Gasteiger partial charge in [-0.15, -0.1) is 0 Å². The number of benzene rings is 2. The number of anilines is 2.